The molecule has 0 aliphatic rings. The van der Waals surface area contributed by atoms with Crippen LogP contribution in [0.4, 0.5) is 0 Å². The molecular formula is C14H19NO3. The van der Waals surface area contributed by atoms with Gasteiger partial charge in [0.15, 0.2) is 0 Å². The quantitative estimate of drug-likeness (QED) is 0.478. The summed E-state index contributed by atoms with van der Waals surface area (Å²) in [4.78, 5) is 10.6. The number of rotatable bonds is 6. The largest absolute Gasteiger partial charge is 0.382 e. The van der Waals surface area contributed by atoms with Gasteiger partial charge in [-0.3, -0.25) is 10.1 Å². The molecule has 0 fully saturated rings. The van der Waals surface area contributed by atoms with Crippen molar-refractivity contribution in [2.45, 2.75) is 32.4 Å². The van der Waals surface area contributed by atoms with Crippen molar-refractivity contribution in [3.05, 3.63) is 58.2 Å². The van der Waals surface area contributed by atoms with E-state index >= 15 is 0 Å². The highest BCUT2D eigenvalue weighted by molar-refractivity contribution is 5.16. The van der Waals surface area contributed by atoms with Crippen molar-refractivity contribution >= 4 is 0 Å². The molecule has 0 aliphatic carbocycles. The lowest BCUT2D eigenvalue weighted by atomic mass is 10.0. The second-order valence-corrected chi connectivity index (χ2v) is 4.66. The van der Waals surface area contributed by atoms with Crippen LogP contribution in [0.25, 0.3) is 0 Å². The molecule has 0 aliphatic heterocycles. The molecule has 4 nitrogen and oxygen atoms in total. The van der Waals surface area contributed by atoms with E-state index in [4.69, 9.17) is 0 Å². The predicted molar refractivity (Wildman–Crippen MR) is 70.9 cm³/mol. The highest BCUT2D eigenvalue weighted by Crippen LogP contribution is 2.10. The van der Waals surface area contributed by atoms with Crippen LogP contribution in [0.3, 0.4) is 0 Å². The number of aliphatic hydroxyl groups excluding tert-OH is 1. The monoisotopic (exact) mass is 249 g/mol. The molecule has 0 unspecified atom stereocenters. The van der Waals surface area contributed by atoms with Gasteiger partial charge in [0.1, 0.15) is 6.10 Å². The summed E-state index contributed by atoms with van der Waals surface area (Å²) in [6, 6.07) is 8.19. The van der Waals surface area contributed by atoms with E-state index in [9.17, 15) is 15.2 Å². The van der Waals surface area contributed by atoms with Crippen LogP contribution >= 0.6 is 0 Å². The molecule has 18 heavy (non-hydrogen) atoms. The molecule has 0 heterocycles. The molecule has 0 spiro atoms. The Bertz CT molecular complexity index is 401. The van der Waals surface area contributed by atoms with Crippen LogP contribution in [0.2, 0.25) is 0 Å². The van der Waals surface area contributed by atoms with Crippen LogP contribution in [-0.4, -0.2) is 22.2 Å². The number of hydrogen-bond acceptors (Lipinski definition) is 3. The molecule has 98 valence electrons. The van der Waals surface area contributed by atoms with Gasteiger partial charge >= 0.3 is 0 Å². The lowest BCUT2D eigenvalue weighted by Gasteiger charge is -2.13. The lowest BCUT2D eigenvalue weighted by molar-refractivity contribution is -0.531. The molecular weight excluding hydrogens is 230 g/mol. The van der Waals surface area contributed by atoms with Crippen molar-refractivity contribution in [2.24, 2.45) is 5.92 Å². The van der Waals surface area contributed by atoms with Gasteiger partial charge in [-0.1, -0.05) is 56.3 Å². The first-order valence-corrected chi connectivity index (χ1v) is 6.04. The van der Waals surface area contributed by atoms with E-state index in [0.717, 1.165) is 5.56 Å². The Kier molecular flexibility index (Phi) is 5.52. The van der Waals surface area contributed by atoms with Crippen LogP contribution < -0.4 is 0 Å². The van der Waals surface area contributed by atoms with Gasteiger partial charge in [0.05, 0.1) is 0 Å². The van der Waals surface area contributed by atoms with Crippen LogP contribution in [0, 0.1) is 16.0 Å². The number of allylic oxidation sites excluding steroid dienone is 1. The van der Waals surface area contributed by atoms with Gasteiger partial charge in [0.25, 0.3) is 0 Å². The smallest absolute Gasteiger partial charge is 0.246 e. The van der Waals surface area contributed by atoms with Crippen molar-refractivity contribution < 1.29 is 10.0 Å². The van der Waals surface area contributed by atoms with E-state index in [1.54, 1.807) is 6.08 Å². The summed E-state index contributed by atoms with van der Waals surface area (Å²) >= 11 is 0. The van der Waals surface area contributed by atoms with Gasteiger partial charge in [0, 0.05) is 11.3 Å². The van der Waals surface area contributed by atoms with Gasteiger partial charge in [-0.15, -0.1) is 0 Å². The zero-order chi connectivity index (χ0) is 13.5. The van der Waals surface area contributed by atoms with Crippen molar-refractivity contribution in [3.8, 4) is 0 Å². The summed E-state index contributed by atoms with van der Waals surface area (Å²) < 4.78 is 0. The summed E-state index contributed by atoms with van der Waals surface area (Å²) in [5.41, 5.74) is 0.858. The minimum Gasteiger partial charge on any atom is -0.382 e. The van der Waals surface area contributed by atoms with E-state index < -0.39 is 17.1 Å². The average molecular weight is 249 g/mol. The summed E-state index contributed by atoms with van der Waals surface area (Å²) in [5, 5.41) is 20.9. The Morgan fingerprint density at radius 3 is 2.39 bits per heavy atom. The molecule has 0 amide bonds. The fourth-order valence-corrected chi connectivity index (χ4v) is 1.64. The second kappa shape index (κ2) is 6.91. The minimum absolute atomic E-state index is 0.234. The third-order valence-electron chi connectivity index (χ3n) is 2.65. The molecule has 4 heteroatoms. The molecule has 0 saturated carbocycles. The topological polar surface area (TPSA) is 63.4 Å². The van der Waals surface area contributed by atoms with E-state index in [1.807, 2.05) is 44.2 Å². The first-order valence-electron chi connectivity index (χ1n) is 6.04. The first kappa shape index (κ1) is 14.4. The molecule has 0 saturated heterocycles. The van der Waals surface area contributed by atoms with Gasteiger partial charge in [-0.2, -0.15) is 0 Å². The van der Waals surface area contributed by atoms with Crippen molar-refractivity contribution in [1.29, 1.82) is 0 Å². The highest BCUT2D eigenvalue weighted by atomic mass is 16.6. The third-order valence-corrected chi connectivity index (χ3v) is 2.65. The summed E-state index contributed by atoms with van der Waals surface area (Å²) in [5.74, 6) is 0.267. The third kappa shape index (κ3) is 4.67. The van der Waals surface area contributed by atoms with Crippen molar-refractivity contribution in [3.63, 3.8) is 0 Å². The molecule has 2 atom stereocenters. The van der Waals surface area contributed by atoms with Crippen molar-refractivity contribution in [2.75, 3.05) is 0 Å². The van der Waals surface area contributed by atoms with Crippen LogP contribution in [-0.2, 0) is 6.42 Å². The standard InChI is InChI=1S/C14H19NO3/c1-11(2)8-9-14(16)13(15(17)18)10-12-6-4-3-5-7-12/h3-9,11,13-14,16H,10H2,1-2H3/b9-8+/t13-,14-/m1/s1. The molecule has 1 N–H and O–H groups in total. The van der Waals surface area contributed by atoms with Crippen LogP contribution in [0.5, 0.6) is 0 Å². The lowest BCUT2D eigenvalue weighted by Crippen LogP contribution is -2.34. The zero-order valence-corrected chi connectivity index (χ0v) is 10.7. The van der Waals surface area contributed by atoms with Gasteiger partial charge in [-0.25, -0.2) is 0 Å². The Labute approximate surface area is 107 Å². The number of benzene rings is 1. The van der Waals surface area contributed by atoms with Gasteiger partial charge in [-0.05, 0) is 11.5 Å². The fourth-order valence-electron chi connectivity index (χ4n) is 1.64. The van der Waals surface area contributed by atoms with Crippen LogP contribution in [0.1, 0.15) is 19.4 Å². The van der Waals surface area contributed by atoms with E-state index in [-0.39, 0.29) is 12.3 Å². The Hall–Kier alpha value is -1.68. The molecule has 1 rings (SSSR count). The Morgan fingerprint density at radius 2 is 1.89 bits per heavy atom. The summed E-state index contributed by atoms with van der Waals surface area (Å²) in [6.45, 7) is 3.92. The van der Waals surface area contributed by atoms with Gasteiger partial charge in [0.2, 0.25) is 6.04 Å². The number of hydrogen-bond donors (Lipinski definition) is 1. The summed E-state index contributed by atoms with van der Waals surface area (Å²) in [6.07, 6.45) is 2.48. The maximum atomic E-state index is 11.0. The molecule has 0 radical (unpaired) electrons. The molecule has 1 aromatic carbocycles. The van der Waals surface area contributed by atoms with E-state index in [1.165, 1.54) is 6.08 Å². The first-order chi connectivity index (χ1) is 8.50. The Balaban J connectivity index is 2.74. The van der Waals surface area contributed by atoms with E-state index in [0.29, 0.717) is 0 Å². The maximum Gasteiger partial charge on any atom is 0.246 e. The molecule has 1 aromatic rings. The van der Waals surface area contributed by atoms with E-state index in [2.05, 4.69) is 0 Å². The van der Waals surface area contributed by atoms with Gasteiger partial charge < -0.3 is 5.11 Å². The number of nitrogens with zero attached hydrogens (tertiary/aromatic N) is 1. The number of nitro groups is 1. The number of aliphatic hydroxyl groups is 1. The SMILES string of the molecule is CC(C)/C=C/[C@@H](O)[C@@H](Cc1ccccc1)[N+](=O)[O-]. The minimum atomic E-state index is -1.05. The summed E-state index contributed by atoms with van der Waals surface area (Å²) in [7, 11) is 0. The average Bonchev–Trinajstić information content (AvgIpc) is 2.34. The maximum absolute atomic E-state index is 11.0. The second-order valence-electron chi connectivity index (χ2n) is 4.66. The predicted octanol–water partition coefficient (Wildman–Crippen LogP) is 2.45. The fraction of sp³-hybridized carbons (Fsp3) is 0.429. The Morgan fingerprint density at radius 1 is 1.28 bits per heavy atom. The molecule has 0 bridgehead atoms. The highest BCUT2D eigenvalue weighted by Gasteiger charge is 2.28. The van der Waals surface area contributed by atoms with Crippen LogP contribution in [0.15, 0.2) is 42.5 Å². The zero-order valence-electron chi connectivity index (χ0n) is 10.7. The van der Waals surface area contributed by atoms with Crippen molar-refractivity contribution in [1.82, 2.24) is 0 Å². The molecule has 0 aromatic heterocycles. The normalized spacial score (nSPS) is 14.9.